The van der Waals surface area contributed by atoms with E-state index in [2.05, 4.69) is 21.2 Å². The first-order valence-electron chi connectivity index (χ1n) is 5.57. The van der Waals surface area contributed by atoms with Gasteiger partial charge < -0.3 is 5.32 Å². The molecule has 1 aromatic rings. The van der Waals surface area contributed by atoms with E-state index >= 15 is 0 Å². The fraction of sp³-hybridized carbons (Fsp3) is 0.500. The second kappa shape index (κ2) is 6.66. The molecule has 18 heavy (non-hydrogen) atoms. The lowest BCUT2D eigenvalue weighted by molar-refractivity contribution is -0.137. The predicted molar refractivity (Wildman–Crippen MR) is 72.2 cm³/mol. The van der Waals surface area contributed by atoms with Crippen molar-refractivity contribution < 1.29 is 13.2 Å². The highest BCUT2D eigenvalue weighted by Crippen LogP contribution is 2.34. The number of halogens is 5. The molecule has 0 aromatic heterocycles. The Labute approximate surface area is 118 Å². The molecule has 0 heterocycles. The largest absolute Gasteiger partial charge is 0.416 e. The van der Waals surface area contributed by atoms with Crippen LogP contribution in [0.5, 0.6) is 0 Å². The molecule has 0 saturated carbocycles. The van der Waals surface area contributed by atoms with Gasteiger partial charge in [0.05, 0.1) is 5.56 Å². The summed E-state index contributed by atoms with van der Waals surface area (Å²) in [6.07, 6.45) is -2.69. The number of nitrogens with one attached hydrogen (secondary N) is 1. The minimum Gasteiger partial charge on any atom is -0.381 e. The molecule has 6 heteroatoms. The molecule has 0 spiro atoms. The van der Waals surface area contributed by atoms with Gasteiger partial charge in [0.1, 0.15) is 0 Å². The first-order valence-corrected chi connectivity index (χ1v) is 6.90. The van der Waals surface area contributed by atoms with Crippen LogP contribution in [0.15, 0.2) is 22.7 Å². The Bertz CT molecular complexity index is 395. The molecule has 1 unspecified atom stereocenters. The van der Waals surface area contributed by atoms with Crippen molar-refractivity contribution in [1.82, 2.24) is 0 Å². The summed E-state index contributed by atoms with van der Waals surface area (Å²) in [6.45, 7) is 2.00. The zero-order valence-electron chi connectivity index (χ0n) is 9.82. The van der Waals surface area contributed by atoms with Gasteiger partial charge in [0.2, 0.25) is 0 Å². The van der Waals surface area contributed by atoms with Crippen LogP contribution in [-0.2, 0) is 6.18 Å². The van der Waals surface area contributed by atoms with Gasteiger partial charge >= 0.3 is 6.18 Å². The van der Waals surface area contributed by atoms with Crippen LogP contribution in [0, 0.1) is 0 Å². The highest BCUT2D eigenvalue weighted by Gasteiger charge is 2.30. The van der Waals surface area contributed by atoms with Crippen LogP contribution < -0.4 is 5.32 Å². The lowest BCUT2D eigenvalue weighted by atomic mass is 10.1. The Balaban J connectivity index is 2.85. The summed E-state index contributed by atoms with van der Waals surface area (Å²) in [5.41, 5.74) is -0.00900. The molecule has 1 rings (SSSR count). The number of alkyl halides is 4. The third-order valence-electron chi connectivity index (χ3n) is 2.61. The van der Waals surface area contributed by atoms with Crippen molar-refractivity contribution in [2.75, 3.05) is 11.2 Å². The summed E-state index contributed by atoms with van der Waals surface area (Å²) >= 11 is 8.82. The average molecular weight is 345 g/mol. The number of anilines is 1. The summed E-state index contributed by atoms with van der Waals surface area (Å²) < 4.78 is 37.9. The highest BCUT2D eigenvalue weighted by molar-refractivity contribution is 9.10. The average Bonchev–Trinajstić information content (AvgIpc) is 2.29. The number of benzene rings is 1. The van der Waals surface area contributed by atoms with Crippen LogP contribution in [0.4, 0.5) is 18.9 Å². The first kappa shape index (κ1) is 15.6. The molecule has 1 N–H and O–H groups in total. The molecule has 0 amide bonds. The summed E-state index contributed by atoms with van der Waals surface area (Å²) in [5, 5.41) is 3.18. The van der Waals surface area contributed by atoms with Gasteiger partial charge in [-0.3, -0.25) is 0 Å². The second-order valence-electron chi connectivity index (χ2n) is 3.92. The molecule has 1 nitrogen and oxygen atoms in total. The smallest absolute Gasteiger partial charge is 0.381 e. The number of hydrogen-bond acceptors (Lipinski definition) is 1. The zero-order chi connectivity index (χ0) is 13.8. The Morgan fingerprint density at radius 1 is 1.39 bits per heavy atom. The summed E-state index contributed by atoms with van der Waals surface area (Å²) in [6, 6.07) is 3.75. The molecule has 0 aliphatic carbocycles. The second-order valence-corrected chi connectivity index (χ2v) is 5.15. The Morgan fingerprint density at radius 2 is 2.06 bits per heavy atom. The van der Waals surface area contributed by atoms with E-state index in [1.807, 2.05) is 6.92 Å². The standard InChI is InChI=1S/C12H14BrClF3N/c1-2-9(5-6-14)18-11-4-3-8(7-10(11)13)12(15,16)17/h3-4,7,9,18H,2,5-6H2,1H3. The van der Waals surface area contributed by atoms with E-state index < -0.39 is 11.7 Å². The monoisotopic (exact) mass is 343 g/mol. The minimum absolute atomic E-state index is 0.163. The van der Waals surface area contributed by atoms with Gasteiger partial charge in [-0.05, 0) is 47.0 Å². The fourth-order valence-corrected chi connectivity index (χ4v) is 2.30. The van der Waals surface area contributed by atoms with Crippen LogP contribution in [0.1, 0.15) is 25.3 Å². The third-order valence-corrected chi connectivity index (χ3v) is 3.48. The number of hydrogen-bond donors (Lipinski definition) is 1. The molecule has 0 aliphatic rings. The fourth-order valence-electron chi connectivity index (χ4n) is 1.54. The van der Waals surface area contributed by atoms with E-state index in [1.54, 1.807) is 0 Å². The SMILES string of the molecule is CCC(CCCl)Nc1ccc(C(F)(F)F)cc1Br. The molecule has 0 bridgehead atoms. The van der Waals surface area contributed by atoms with Gasteiger partial charge in [0.15, 0.2) is 0 Å². The normalized spacial score (nSPS) is 13.4. The van der Waals surface area contributed by atoms with Crippen molar-refractivity contribution in [1.29, 1.82) is 0 Å². The maximum atomic E-state index is 12.5. The van der Waals surface area contributed by atoms with E-state index in [0.29, 0.717) is 16.0 Å². The van der Waals surface area contributed by atoms with E-state index in [9.17, 15) is 13.2 Å². The van der Waals surface area contributed by atoms with E-state index in [0.717, 1.165) is 25.0 Å². The van der Waals surface area contributed by atoms with Gasteiger partial charge in [-0.15, -0.1) is 11.6 Å². The molecule has 0 fully saturated rings. The van der Waals surface area contributed by atoms with E-state index in [1.165, 1.54) is 6.07 Å². The molecule has 0 radical (unpaired) electrons. The van der Waals surface area contributed by atoms with Crippen molar-refractivity contribution in [3.63, 3.8) is 0 Å². The lowest BCUT2D eigenvalue weighted by Gasteiger charge is -2.19. The Hall–Kier alpha value is -0.420. The summed E-state index contributed by atoms with van der Waals surface area (Å²) in [4.78, 5) is 0. The maximum Gasteiger partial charge on any atom is 0.416 e. The molecule has 1 atom stereocenters. The van der Waals surface area contributed by atoms with Crippen molar-refractivity contribution in [3.8, 4) is 0 Å². The molecule has 102 valence electrons. The van der Waals surface area contributed by atoms with Crippen LogP contribution in [0.25, 0.3) is 0 Å². The summed E-state index contributed by atoms with van der Waals surface area (Å²) in [5.74, 6) is 0.518. The minimum atomic E-state index is -4.32. The third kappa shape index (κ3) is 4.35. The van der Waals surface area contributed by atoms with Gasteiger partial charge in [-0.25, -0.2) is 0 Å². The highest BCUT2D eigenvalue weighted by atomic mass is 79.9. The van der Waals surface area contributed by atoms with Gasteiger partial charge in [-0.2, -0.15) is 13.2 Å². The van der Waals surface area contributed by atoms with Crippen molar-refractivity contribution in [2.24, 2.45) is 0 Å². The Morgan fingerprint density at radius 3 is 2.50 bits per heavy atom. The van der Waals surface area contributed by atoms with Gasteiger partial charge in [-0.1, -0.05) is 6.92 Å². The van der Waals surface area contributed by atoms with Crippen molar-refractivity contribution in [2.45, 2.75) is 32.0 Å². The van der Waals surface area contributed by atoms with Crippen LogP contribution in [0.3, 0.4) is 0 Å². The lowest BCUT2D eigenvalue weighted by Crippen LogP contribution is -2.19. The predicted octanol–water partition coefficient (Wildman–Crippen LogP) is 5.29. The molecule has 1 aromatic carbocycles. The van der Waals surface area contributed by atoms with Crippen molar-refractivity contribution >= 4 is 33.2 Å². The molecular weight excluding hydrogens is 330 g/mol. The quantitative estimate of drug-likeness (QED) is 0.716. The molecular formula is C12H14BrClF3N. The van der Waals surface area contributed by atoms with E-state index in [4.69, 9.17) is 11.6 Å². The van der Waals surface area contributed by atoms with Crippen LogP contribution in [-0.4, -0.2) is 11.9 Å². The van der Waals surface area contributed by atoms with Crippen LogP contribution >= 0.6 is 27.5 Å². The first-order chi connectivity index (χ1) is 8.38. The van der Waals surface area contributed by atoms with Crippen LogP contribution in [0.2, 0.25) is 0 Å². The topological polar surface area (TPSA) is 12.0 Å². The molecule has 0 aliphatic heterocycles. The number of rotatable bonds is 5. The van der Waals surface area contributed by atoms with E-state index in [-0.39, 0.29) is 6.04 Å². The maximum absolute atomic E-state index is 12.5. The summed E-state index contributed by atoms with van der Waals surface area (Å²) in [7, 11) is 0. The van der Waals surface area contributed by atoms with Gasteiger partial charge in [0, 0.05) is 22.1 Å². The zero-order valence-corrected chi connectivity index (χ0v) is 12.2. The van der Waals surface area contributed by atoms with Gasteiger partial charge in [0.25, 0.3) is 0 Å². The molecule has 0 saturated heterocycles. The van der Waals surface area contributed by atoms with Crippen molar-refractivity contribution in [3.05, 3.63) is 28.2 Å². The Kier molecular flexibility index (Phi) is 5.79.